The van der Waals surface area contributed by atoms with Gasteiger partial charge in [-0.05, 0) is 42.8 Å². The number of aryl methyl sites for hydroxylation is 1. The number of aromatic nitrogens is 3. The molecule has 1 N–H and O–H groups in total. The van der Waals surface area contributed by atoms with Crippen LogP contribution in [0.3, 0.4) is 0 Å². The van der Waals surface area contributed by atoms with Gasteiger partial charge in [-0.3, -0.25) is 0 Å². The minimum absolute atomic E-state index is 0.774. The summed E-state index contributed by atoms with van der Waals surface area (Å²) < 4.78 is 0. The van der Waals surface area contributed by atoms with Gasteiger partial charge in [-0.1, -0.05) is 36.4 Å². The Labute approximate surface area is 165 Å². The average Bonchev–Trinajstić information content (AvgIpc) is 2.74. The summed E-state index contributed by atoms with van der Waals surface area (Å²) >= 11 is 0. The maximum Gasteiger partial charge on any atom is 0.161 e. The van der Waals surface area contributed by atoms with E-state index in [1.807, 2.05) is 43.5 Å². The van der Waals surface area contributed by atoms with E-state index in [0.29, 0.717) is 0 Å². The van der Waals surface area contributed by atoms with Crippen LogP contribution in [-0.2, 0) is 6.54 Å². The van der Waals surface area contributed by atoms with Crippen molar-refractivity contribution in [3.8, 4) is 0 Å². The third-order valence-corrected chi connectivity index (χ3v) is 4.63. The number of anilines is 2. The van der Waals surface area contributed by atoms with Gasteiger partial charge in [-0.15, -0.1) is 0 Å². The molecule has 0 aliphatic heterocycles. The molecule has 0 amide bonds. The zero-order valence-electron chi connectivity index (χ0n) is 15.9. The first-order valence-electron chi connectivity index (χ1n) is 9.46. The molecule has 0 aliphatic carbocycles. The standard InChI is InChI=1S/C23H23N5/c1-18-10-11-20-21(12-14-26-23(20)27-18)24-15-16-28(22-9-5-6-13-25-22)17-19-7-3-2-4-8-19/h2-14H,15-17H2,1H3,(H,24,26,27). The van der Waals surface area contributed by atoms with Crippen molar-refractivity contribution in [3.05, 3.63) is 90.4 Å². The third-order valence-electron chi connectivity index (χ3n) is 4.63. The summed E-state index contributed by atoms with van der Waals surface area (Å²) in [6.45, 7) is 4.42. The summed E-state index contributed by atoms with van der Waals surface area (Å²) in [6.07, 6.45) is 3.64. The van der Waals surface area contributed by atoms with E-state index in [1.165, 1.54) is 5.56 Å². The van der Waals surface area contributed by atoms with Gasteiger partial charge >= 0.3 is 0 Å². The molecule has 3 heterocycles. The number of pyridine rings is 3. The lowest BCUT2D eigenvalue weighted by atomic mass is 10.2. The van der Waals surface area contributed by atoms with E-state index in [-0.39, 0.29) is 0 Å². The van der Waals surface area contributed by atoms with Gasteiger partial charge in [0.05, 0.1) is 0 Å². The van der Waals surface area contributed by atoms with Crippen molar-refractivity contribution in [2.24, 2.45) is 0 Å². The Morgan fingerprint density at radius 3 is 2.54 bits per heavy atom. The van der Waals surface area contributed by atoms with Gasteiger partial charge in [0.15, 0.2) is 5.65 Å². The number of nitrogens with zero attached hydrogens (tertiary/aromatic N) is 4. The molecular formula is C23H23N5. The van der Waals surface area contributed by atoms with Crippen molar-refractivity contribution in [1.29, 1.82) is 0 Å². The summed E-state index contributed by atoms with van der Waals surface area (Å²) in [5.74, 6) is 0.977. The highest BCUT2D eigenvalue weighted by Crippen LogP contribution is 2.20. The van der Waals surface area contributed by atoms with Crippen LogP contribution < -0.4 is 10.2 Å². The second-order valence-corrected chi connectivity index (χ2v) is 6.70. The summed E-state index contributed by atoms with van der Waals surface area (Å²) in [4.78, 5) is 15.7. The molecule has 5 nitrogen and oxygen atoms in total. The van der Waals surface area contributed by atoms with Gasteiger partial charge in [-0.25, -0.2) is 15.0 Å². The summed E-state index contributed by atoms with van der Waals surface area (Å²) in [7, 11) is 0. The van der Waals surface area contributed by atoms with Crippen molar-refractivity contribution >= 4 is 22.5 Å². The van der Waals surface area contributed by atoms with E-state index < -0.39 is 0 Å². The number of hydrogen-bond donors (Lipinski definition) is 1. The lowest BCUT2D eigenvalue weighted by Crippen LogP contribution is -2.29. The van der Waals surface area contributed by atoms with Gasteiger partial charge in [0.2, 0.25) is 0 Å². The summed E-state index contributed by atoms with van der Waals surface area (Å²) in [5, 5.41) is 4.59. The first-order valence-corrected chi connectivity index (χ1v) is 9.46. The van der Waals surface area contributed by atoms with E-state index >= 15 is 0 Å². The zero-order chi connectivity index (χ0) is 19.2. The molecule has 1 aromatic carbocycles. The normalized spacial score (nSPS) is 10.8. The van der Waals surface area contributed by atoms with E-state index in [9.17, 15) is 0 Å². The largest absolute Gasteiger partial charge is 0.383 e. The predicted molar refractivity (Wildman–Crippen MR) is 114 cm³/mol. The van der Waals surface area contributed by atoms with Gasteiger partial charge in [0.25, 0.3) is 0 Å². The van der Waals surface area contributed by atoms with Crippen LogP contribution in [0.1, 0.15) is 11.3 Å². The summed E-state index contributed by atoms with van der Waals surface area (Å²) in [5.41, 5.74) is 4.07. The Balaban J connectivity index is 1.49. The minimum Gasteiger partial charge on any atom is -0.383 e. The van der Waals surface area contributed by atoms with E-state index in [1.54, 1.807) is 6.20 Å². The fraction of sp³-hybridized carbons (Fsp3) is 0.174. The number of nitrogens with one attached hydrogen (secondary N) is 1. The van der Waals surface area contributed by atoms with Crippen LogP contribution in [0.15, 0.2) is 79.1 Å². The lowest BCUT2D eigenvalue weighted by Gasteiger charge is -2.24. The number of benzene rings is 1. The maximum atomic E-state index is 4.54. The van der Waals surface area contributed by atoms with Gasteiger partial charge in [-0.2, -0.15) is 0 Å². The number of fused-ring (bicyclic) bond motifs is 1. The quantitative estimate of drug-likeness (QED) is 0.521. The Hall–Kier alpha value is -3.47. The Bertz CT molecular complexity index is 1030. The van der Waals surface area contributed by atoms with E-state index in [4.69, 9.17) is 0 Å². The molecule has 28 heavy (non-hydrogen) atoms. The molecule has 3 aromatic heterocycles. The van der Waals surface area contributed by atoms with Crippen molar-refractivity contribution < 1.29 is 0 Å². The minimum atomic E-state index is 0.774. The van der Waals surface area contributed by atoms with Crippen LogP contribution in [0, 0.1) is 6.92 Å². The van der Waals surface area contributed by atoms with Crippen LogP contribution in [0.2, 0.25) is 0 Å². The first kappa shape index (κ1) is 17.9. The fourth-order valence-corrected chi connectivity index (χ4v) is 3.22. The molecule has 5 heteroatoms. The zero-order valence-corrected chi connectivity index (χ0v) is 15.9. The number of hydrogen-bond acceptors (Lipinski definition) is 5. The second-order valence-electron chi connectivity index (χ2n) is 6.70. The SMILES string of the molecule is Cc1ccc2c(NCCN(Cc3ccccc3)c3ccccn3)ccnc2n1. The van der Waals surface area contributed by atoms with Crippen LogP contribution in [0.25, 0.3) is 11.0 Å². The molecule has 0 saturated carbocycles. The molecular weight excluding hydrogens is 346 g/mol. The molecule has 0 spiro atoms. The summed E-state index contributed by atoms with van der Waals surface area (Å²) in [6, 6.07) is 22.6. The van der Waals surface area contributed by atoms with Crippen molar-refractivity contribution in [2.45, 2.75) is 13.5 Å². The lowest BCUT2D eigenvalue weighted by molar-refractivity contribution is 0.790. The predicted octanol–water partition coefficient (Wildman–Crippen LogP) is 4.45. The van der Waals surface area contributed by atoms with Crippen molar-refractivity contribution in [3.63, 3.8) is 0 Å². The fourth-order valence-electron chi connectivity index (χ4n) is 3.22. The topological polar surface area (TPSA) is 53.9 Å². The highest BCUT2D eigenvalue weighted by atomic mass is 15.2. The second kappa shape index (κ2) is 8.48. The monoisotopic (exact) mass is 369 g/mol. The molecule has 0 saturated heterocycles. The van der Waals surface area contributed by atoms with Crippen LogP contribution in [0.5, 0.6) is 0 Å². The maximum absolute atomic E-state index is 4.54. The van der Waals surface area contributed by atoms with Gasteiger partial charge < -0.3 is 10.2 Å². The molecule has 0 bridgehead atoms. The molecule has 0 unspecified atom stereocenters. The van der Waals surface area contributed by atoms with Crippen LogP contribution in [-0.4, -0.2) is 28.0 Å². The van der Waals surface area contributed by atoms with Crippen LogP contribution >= 0.6 is 0 Å². The molecule has 0 radical (unpaired) electrons. The van der Waals surface area contributed by atoms with E-state index in [0.717, 1.165) is 47.9 Å². The average molecular weight is 369 g/mol. The molecule has 4 rings (SSSR count). The highest BCUT2D eigenvalue weighted by molar-refractivity contribution is 5.88. The van der Waals surface area contributed by atoms with Crippen LogP contribution in [0.4, 0.5) is 11.5 Å². The molecule has 140 valence electrons. The highest BCUT2D eigenvalue weighted by Gasteiger charge is 2.09. The van der Waals surface area contributed by atoms with Gasteiger partial charge in [0.1, 0.15) is 5.82 Å². The van der Waals surface area contributed by atoms with Crippen molar-refractivity contribution in [2.75, 3.05) is 23.3 Å². The van der Waals surface area contributed by atoms with Crippen molar-refractivity contribution in [1.82, 2.24) is 15.0 Å². The molecule has 0 atom stereocenters. The molecule has 4 aromatic rings. The molecule has 0 aliphatic rings. The number of rotatable bonds is 7. The third kappa shape index (κ3) is 4.26. The molecule has 0 fully saturated rings. The Morgan fingerprint density at radius 2 is 1.71 bits per heavy atom. The van der Waals surface area contributed by atoms with E-state index in [2.05, 4.69) is 61.6 Å². The van der Waals surface area contributed by atoms with Gasteiger partial charge in [0, 0.05) is 48.8 Å². The Kier molecular flexibility index (Phi) is 5.43. The first-order chi connectivity index (χ1) is 13.8. The smallest absolute Gasteiger partial charge is 0.161 e. The Morgan fingerprint density at radius 1 is 0.857 bits per heavy atom.